The first-order chi connectivity index (χ1) is 8.29. The topological polar surface area (TPSA) is 24.5 Å². The Hall–Kier alpha value is -0.120. The van der Waals surface area contributed by atoms with Gasteiger partial charge in [-0.15, -0.1) is 0 Å². The minimum atomic E-state index is 0.533. The molecule has 3 heteroatoms. The monoisotopic (exact) mass is 240 g/mol. The van der Waals surface area contributed by atoms with Gasteiger partial charge in [-0.25, -0.2) is 0 Å². The first kappa shape index (κ1) is 13.3. The Labute approximate surface area is 106 Å². The molecule has 3 nitrogen and oxygen atoms in total. The summed E-state index contributed by atoms with van der Waals surface area (Å²) in [5.74, 6) is 0. The molecule has 2 fully saturated rings. The van der Waals surface area contributed by atoms with Gasteiger partial charge in [0, 0.05) is 38.3 Å². The summed E-state index contributed by atoms with van der Waals surface area (Å²) in [4.78, 5) is 2.64. The second-order valence-corrected chi connectivity index (χ2v) is 5.63. The summed E-state index contributed by atoms with van der Waals surface area (Å²) < 4.78 is 5.82. The minimum Gasteiger partial charge on any atom is -0.378 e. The molecule has 0 aromatic carbocycles. The molecule has 0 aromatic heterocycles. The summed E-state index contributed by atoms with van der Waals surface area (Å²) in [6, 6.07) is 1.37. The Balaban J connectivity index is 1.72. The molecule has 2 aliphatic rings. The molecule has 100 valence electrons. The molecule has 0 spiro atoms. The second kappa shape index (κ2) is 6.72. The number of ether oxygens (including phenoxy) is 1. The predicted molar refractivity (Wildman–Crippen MR) is 71.3 cm³/mol. The lowest BCUT2D eigenvalue weighted by Crippen LogP contribution is -2.55. The fraction of sp³-hybridized carbons (Fsp3) is 1.00. The van der Waals surface area contributed by atoms with Gasteiger partial charge in [0.15, 0.2) is 0 Å². The van der Waals surface area contributed by atoms with E-state index in [1.165, 1.54) is 45.2 Å². The van der Waals surface area contributed by atoms with E-state index in [0.717, 1.165) is 13.2 Å². The zero-order valence-electron chi connectivity index (χ0n) is 11.5. The van der Waals surface area contributed by atoms with Gasteiger partial charge in [0.25, 0.3) is 0 Å². The van der Waals surface area contributed by atoms with Crippen molar-refractivity contribution in [3.63, 3.8) is 0 Å². The van der Waals surface area contributed by atoms with E-state index in [0.29, 0.717) is 18.2 Å². The van der Waals surface area contributed by atoms with Crippen LogP contribution in [0.4, 0.5) is 0 Å². The van der Waals surface area contributed by atoms with Crippen LogP contribution in [0.5, 0.6) is 0 Å². The molecule has 2 rings (SSSR count). The van der Waals surface area contributed by atoms with Gasteiger partial charge in [-0.1, -0.05) is 6.92 Å². The van der Waals surface area contributed by atoms with Crippen LogP contribution in [0.15, 0.2) is 0 Å². The summed E-state index contributed by atoms with van der Waals surface area (Å²) in [5, 5.41) is 3.61. The van der Waals surface area contributed by atoms with E-state index in [1.807, 2.05) is 0 Å². The van der Waals surface area contributed by atoms with Crippen LogP contribution in [0.1, 0.15) is 46.0 Å². The van der Waals surface area contributed by atoms with Gasteiger partial charge in [-0.05, 0) is 39.0 Å². The Bertz CT molecular complexity index is 216. The van der Waals surface area contributed by atoms with Crippen LogP contribution in [-0.2, 0) is 4.74 Å². The Kier molecular flexibility index (Phi) is 5.26. The Morgan fingerprint density at radius 2 is 2.24 bits per heavy atom. The van der Waals surface area contributed by atoms with Gasteiger partial charge in [0.05, 0.1) is 6.10 Å². The molecule has 0 radical (unpaired) electrons. The summed E-state index contributed by atoms with van der Waals surface area (Å²) in [5.41, 5.74) is 0. The number of nitrogens with one attached hydrogen (secondary N) is 1. The molecule has 1 N–H and O–H groups in total. The zero-order valence-corrected chi connectivity index (χ0v) is 11.5. The third kappa shape index (κ3) is 3.94. The molecule has 0 bridgehead atoms. The molecule has 0 saturated carbocycles. The molecule has 0 aromatic rings. The van der Waals surface area contributed by atoms with Gasteiger partial charge in [-0.3, -0.25) is 4.90 Å². The summed E-state index contributed by atoms with van der Waals surface area (Å²) >= 11 is 0. The first-order valence-corrected chi connectivity index (χ1v) is 7.38. The maximum absolute atomic E-state index is 5.82. The summed E-state index contributed by atoms with van der Waals surface area (Å²) in [6.07, 6.45) is 6.89. The number of hydrogen-bond acceptors (Lipinski definition) is 3. The normalized spacial score (nSPS) is 36.0. The van der Waals surface area contributed by atoms with Crippen molar-refractivity contribution >= 4 is 0 Å². The highest BCUT2D eigenvalue weighted by Crippen LogP contribution is 2.17. The third-order valence-corrected chi connectivity index (χ3v) is 4.29. The highest BCUT2D eigenvalue weighted by Gasteiger charge is 2.24. The quantitative estimate of drug-likeness (QED) is 0.813. The summed E-state index contributed by atoms with van der Waals surface area (Å²) in [7, 11) is 0. The molecule has 2 saturated heterocycles. The van der Waals surface area contributed by atoms with Crippen LogP contribution in [0.25, 0.3) is 0 Å². The van der Waals surface area contributed by atoms with Crippen molar-refractivity contribution in [3.8, 4) is 0 Å². The fourth-order valence-electron chi connectivity index (χ4n) is 2.92. The second-order valence-electron chi connectivity index (χ2n) is 5.63. The third-order valence-electron chi connectivity index (χ3n) is 4.29. The van der Waals surface area contributed by atoms with Crippen LogP contribution >= 0.6 is 0 Å². The number of piperazine rings is 1. The van der Waals surface area contributed by atoms with Gasteiger partial charge >= 0.3 is 0 Å². The fourth-order valence-corrected chi connectivity index (χ4v) is 2.92. The molecule has 0 aliphatic carbocycles. The number of nitrogens with zero attached hydrogens (tertiary/aromatic N) is 1. The largest absolute Gasteiger partial charge is 0.378 e. The zero-order chi connectivity index (χ0) is 12.1. The van der Waals surface area contributed by atoms with Gasteiger partial charge in [-0.2, -0.15) is 0 Å². The van der Waals surface area contributed by atoms with Gasteiger partial charge in [0.1, 0.15) is 0 Å². The van der Waals surface area contributed by atoms with Gasteiger partial charge in [0.2, 0.25) is 0 Å². The predicted octanol–water partition coefficient (Wildman–Crippen LogP) is 2.02. The van der Waals surface area contributed by atoms with Crippen molar-refractivity contribution in [1.29, 1.82) is 0 Å². The van der Waals surface area contributed by atoms with Crippen LogP contribution in [0.2, 0.25) is 0 Å². The van der Waals surface area contributed by atoms with E-state index in [-0.39, 0.29) is 0 Å². The van der Waals surface area contributed by atoms with Crippen molar-refractivity contribution in [2.45, 2.75) is 64.1 Å². The lowest BCUT2D eigenvalue weighted by atomic mass is 10.0. The van der Waals surface area contributed by atoms with E-state index >= 15 is 0 Å². The van der Waals surface area contributed by atoms with E-state index in [1.54, 1.807) is 0 Å². The van der Waals surface area contributed by atoms with Crippen LogP contribution in [-0.4, -0.2) is 49.3 Å². The Morgan fingerprint density at radius 1 is 1.35 bits per heavy atom. The van der Waals surface area contributed by atoms with Crippen molar-refractivity contribution in [2.24, 2.45) is 0 Å². The number of rotatable bonds is 4. The maximum Gasteiger partial charge on any atom is 0.0587 e. The molecule has 3 atom stereocenters. The van der Waals surface area contributed by atoms with Crippen molar-refractivity contribution < 1.29 is 4.74 Å². The van der Waals surface area contributed by atoms with E-state index in [4.69, 9.17) is 4.74 Å². The SMILES string of the molecule is CCC1CN(CCC2CCCCO2)C(C)CN1. The molecule has 0 amide bonds. The standard InChI is InChI=1S/C14H28N2O/c1-3-13-11-16(12(2)10-15-13)8-7-14-6-4-5-9-17-14/h12-15H,3-11H2,1-2H3. The lowest BCUT2D eigenvalue weighted by molar-refractivity contribution is 0.000613. The lowest BCUT2D eigenvalue weighted by Gasteiger charge is -2.39. The van der Waals surface area contributed by atoms with E-state index in [9.17, 15) is 0 Å². The number of hydrogen-bond donors (Lipinski definition) is 1. The molecule has 2 aliphatic heterocycles. The molecule has 2 heterocycles. The van der Waals surface area contributed by atoms with Crippen molar-refractivity contribution in [3.05, 3.63) is 0 Å². The molecular formula is C14H28N2O. The van der Waals surface area contributed by atoms with Crippen LogP contribution in [0, 0.1) is 0 Å². The minimum absolute atomic E-state index is 0.533. The van der Waals surface area contributed by atoms with Crippen LogP contribution < -0.4 is 5.32 Å². The molecular weight excluding hydrogens is 212 g/mol. The smallest absolute Gasteiger partial charge is 0.0587 e. The average Bonchev–Trinajstić information content (AvgIpc) is 2.39. The highest BCUT2D eigenvalue weighted by atomic mass is 16.5. The molecule has 17 heavy (non-hydrogen) atoms. The maximum atomic E-state index is 5.82. The van der Waals surface area contributed by atoms with E-state index < -0.39 is 0 Å². The average molecular weight is 240 g/mol. The highest BCUT2D eigenvalue weighted by molar-refractivity contribution is 4.83. The van der Waals surface area contributed by atoms with Crippen molar-refractivity contribution in [1.82, 2.24) is 10.2 Å². The summed E-state index contributed by atoms with van der Waals surface area (Å²) in [6.45, 7) is 9.16. The Morgan fingerprint density at radius 3 is 2.94 bits per heavy atom. The van der Waals surface area contributed by atoms with E-state index in [2.05, 4.69) is 24.1 Å². The first-order valence-electron chi connectivity index (χ1n) is 7.38. The molecule has 3 unspecified atom stereocenters. The van der Waals surface area contributed by atoms with Gasteiger partial charge < -0.3 is 10.1 Å². The van der Waals surface area contributed by atoms with Crippen LogP contribution in [0.3, 0.4) is 0 Å². The van der Waals surface area contributed by atoms with Crippen molar-refractivity contribution in [2.75, 3.05) is 26.2 Å².